The van der Waals surface area contributed by atoms with Crippen molar-refractivity contribution in [3.8, 4) is 0 Å². The van der Waals surface area contributed by atoms with E-state index in [9.17, 15) is 14.9 Å². The molecular weight excluding hydrogens is 270 g/mol. The van der Waals surface area contributed by atoms with E-state index >= 15 is 0 Å². The van der Waals surface area contributed by atoms with E-state index in [4.69, 9.17) is 5.11 Å². The fourth-order valence-corrected chi connectivity index (χ4v) is 2.30. The molecule has 0 fully saturated rings. The number of anilines is 1. The second-order valence-corrected chi connectivity index (χ2v) is 5.49. The minimum Gasteiger partial charge on any atom is -0.481 e. The van der Waals surface area contributed by atoms with Crippen molar-refractivity contribution in [3.05, 3.63) is 16.3 Å². The summed E-state index contributed by atoms with van der Waals surface area (Å²) in [6.45, 7) is 3.63. The highest BCUT2D eigenvalue weighted by molar-refractivity contribution is 7.18. The molecule has 0 radical (unpaired) electrons. The number of hydrogen-bond donors (Lipinski definition) is 2. The molecular formula is C11H17N3O4S. The molecule has 2 N–H and O–H groups in total. The van der Waals surface area contributed by atoms with Crippen LogP contribution in [0.2, 0.25) is 0 Å². The molecule has 0 spiro atoms. The van der Waals surface area contributed by atoms with Gasteiger partial charge in [0.2, 0.25) is 0 Å². The van der Waals surface area contributed by atoms with Crippen molar-refractivity contribution in [2.45, 2.75) is 39.2 Å². The summed E-state index contributed by atoms with van der Waals surface area (Å²) in [6, 6.07) is 0.103. The van der Waals surface area contributed by atoms with E-state index in [0.717, 1.165) is 24.2 Å². The molecule has 0 aliphatic carbocycles. The van der Waals surface area contributed by atoms with Gasteiger partial charge in [-0.2, -0.15) is 0 Å². The van der Waals surface area contributed by atoms with Gasteiger partial charge in [-0.25, -0.2) is 4.98 Å². The Morgan fingerprint density at radius 1 is 1.58 bits per heavy atom. The normalized spacial score (nSPS) is 13.8. The van der Waals surface area contributed by atoms with Crippen molar-refractivity contribution in [1.29, 1.82) is 0 Å². The average Bonchev–Trinajstić information content (AvgIpc) is 2.77. The molecule has 1 heterocycles. The first-order valence-corrected chi connectivity index (χ1v) is 6.81. The minimum atomic E-state index is -0.781. The standard InChI is InChI=1S/C11H17N3O4S/c1-7(10(15)16)4-3-5-8(2)13-11-12-6-9(19-11)14(17)18/h6-8H,3-5H2,1-2H3,(H,12,13)(H,15,16). The summed E-state index contributed by atoms with van der Waals surface area (Å²) in [5.41, 5.74) is 0. The van der Waals surface area contributed by atoms with Crippen LogP contribution >= 0.6 is 11.3 Å². The molecule has 19 heavy (non-hydrogen) atoms. The van der Waals surface area contributed by atoms with Crippen molar-refractivity contribution < 1.29 is 14.8 Å². The molecule has 1 rings (SSSR count). The maximum absolute atomic E-state index is 10.6. The molecule has 2 unspecified atom stereocenters. The van der Waals surface area contributed by atoms with Crippen LogP contribution in [-0.2, 0) is 4.79 Å². The fraction of sp³-hybridized carbons (Fsp3) is 0.636. The Morgan fingerprint density at radius 2 is 2.26 bits per heavy atom. The molecule has 1 aromatic heterocycles. The van der Waals surface area contributed by atoms with Gasteiger partial charge in [-0.15, -0.1) is 0 Å². The summed E-state index contributed by atoms with van der Waals surface area (Å²) in [5, 5.41) is 22.9. The van der Waals surface area contributed by atoms with Crippen LogP contribution < -0.4 is 5.32 Å². The van der Waals surface area contributed by atoms with Gasteiger partial charge in [0.25, 0.3) is 0 Å². The first kappa shape index (κ1) is 15.4. The van der Waals surface area contributed by atoms with Gasteiger partial charge in [-0.05, 0) is 31.1 Å². The van der Waals surface area contributed by atoms with Crippen LogP contribution in [0.1, 0.15) is 33.1 Å². The SMILES string of the molecule is CC(CCCC(C)C(=O)O)Nc1ncc([N+](=O)[O-])s1. The zero-order valence-electron chi connectivity index (χ0n) is 10.8. The van der Waals surface area contributed by atoms with Crippen molar-refractivity contribution in [2.24, 2.45) is 5.92 Å². The largest absolute Gasteiger partial charge is 0.481 e. The van der Waals surface area contributed by atoms with Gasteiger partial charge in [-0.1, -0.05) is 13.3 Å². The Labute approximate surface area is 114 Å². The molecule has 2 atom stereocenters. The van der Waals surface area contributed by atoms with Crippen LogP contribution in [0.15, 0.2) is 6.20 Å². The van der Waals surface area contributed by atoms with Crippen LogP contribution in [0.5, 0.6) is 0 Å². The van der Waals surface area contributed by atoms with Crippen LogP contribution in [0.25, 0.3) is 0 Å². The lowest BCUT2D eigenvalue weighted by atomic mass is 10.0. The Morgan fingerprint density at radius 3 is 2.79 bits per heavy atom. The third-order valence-corrected chi connectivity index (χ3v) is 3.62. The van der Waals surface area contributed by atoms with Crippen molar-refractivity contribution >= 4 is 27.4 Å². The molecule has 0 aliphatic rings. The van der Waals surface area contributed by atoms with Gasteiger partial charge in [0.1, 0.15) is 6.20 Å². The van der Waals surface area contributed by atoms with E-state index < -0.39 is 10.9 Å². The zero-order chi connectivity index (χ0) is 14.4. The minimum absolute atomic E-state index is 0.00852. The second kappa shape index (κ2) is 7.03. The summed E-state index contributed by atoms with van der Waals surface area (Å²) in [6.07, 6.45) is 3.44. The lowest BCUT2D eigenvalue weighted by Gasteiger charge is -2.13. The number of aliphatic carboxylic acids is 1. The maximum atomic E-state index is 10.6. The fourth-order valence-electron chi connectivity index (χ4n) is 1.55. The molecule has 0 bridgehead atoms. The number of thiazole rings is 1. The maximum Gasteiger partial charge on any atom is 0.345 e. The monoisotopic (exact) mass is 287 g/mol. The number of nitrogens with zero attached hydrogens (tertiary/aromatic N) is 2. The van der Waals surface area contributed by atoms with Gasteiger partial charge in [0.15, 0.2) is 5.13 Å². The number of carbonyl (C=O) groups is 1. The van der Waals surface area contributed by atoms with Crippen LogP contribution in [0.3, 0.4) is 0 Å². The molecule has 1 aromatic rings. The molecule has 0 aromatic carbocycles. The number of carboxylic acids is 1. The van der Waals surface area contributed by atoms with Gasteiger partial charge in [0.05, 0.1) is 10.8 Å². The van der Waals surface area contributed by atoms with E-state index in [0.29, 0.717) is 11.6 Å². The summed E-state index contributed by atoms with van der Waals surface area (Å²) in [5.74, 6) is -1.12. The number of hydrogen-bond acceptors (Lipinski definition) is 6. The number of nitro groups is 1. The van der Waals surface area contributed by atoms with Crippen LogP contribution in [0.4, 0.5) is 10.1 Å². The van der Waals surface area contributed by atoms with Crippen LogP contribution in [-0.4, -0.2) is 27.0 Å². The predicted octanol–water partition coefficient (Wildman–Crippen LogP) is 2.74. The zero-order valence-corrected chi connectivity index (χ0v) is 11.6. The van der Waals surface area contributed by atoms with E-state index in [-0.39, 0.29) is 17.0 Å². The predicted molar refractivity (Wildman–Crippen MR) is 72.5 cm³/mol. The molecule has 0 amide bonds. The Hall–Kier alpha value is -1.70. The highest BCUT2D eigenvalue weighted by atomic mass is 32.1. The van der Waals surface area contributed by atoms with Crippen molar-refractivity contribution in [2.75, 3.05) is 5.32 Å². The van der Waals surface area contributed by atoms with E-state index in [1.54, 1.807) is 6.92 Å². The number of carboxylic acid groups (broad SMARTS) is 1. The summed E-state index contributed by atoms with van der Waals surface area (Å²) < 4.78 is 0. The number of nitrogens with one attached hydrogen (secondary N) is 1. The number of rotatable bonds is 8. The van der Waals surface area contributed by atoms with Gasteiger partial charge in [0, 0.05) is 6.04 Å². The molecule has 106 valence electrons. The van der Waals surface area contributed by atoms with E-state index in [1.807, 2.05) is 6.92 Å². The number of aromatic nitrogens is 1. The topological polar surface area (TPSA) is 105 Å². The average molecular weight is 287 g/mol. The molecule has 8 heteroatoms. The van der Waals surface area contributed by atoms with Gasteiger partial charge < -0.3 is 10.4 Å². The van der Waals surface area contributed by atoms with Crippen LogP contribution in [0, 0.1) is 16.0 Å². The lowest BCUT2D eigenvalue weighted by molar-refractivity contribution is -0.380. The van der Waals surface area contributed by atoms with Crippen molar-refractivity contribution in [3.63, 3.8) is 0 Å². The first-order chi connectivity index (χ1) is 8.90. The van der Waals surface area contributed by atoms with Gasteiger partial charge >= 0.3 is 11.0 Å². The highest BCUT2D eigenvalue weighted by Crippen LogP contribution is 2.26. The third-order valence-electron chi connectivity index (χ3n) is 2.74. The quantitative estimate of drug-likeness (QED) is 0.562. The molecule has 0 saturated heterocycles. The molecule has 0 aliphatic heterocycles. The Bertz CT molecular complexity index is 449. The van der Waals surface area contributed by atoms with Gasteiger partial charge in [-0.3, -0.25) is 14.9 Å². The molecule has 7 nitrogen and oxygen atoms in total. The highest BCUT2D eigenvalue weighted by Gasteiger charge is 2.14. The molecule has 0 saturated carbocycles. The third kappa shape index (κ3) is 5.21. The summed E-state index contributed by atoms with van der Waals surface area (Å²) in [4.78, 5) is 24.6. The summed E-state index contributed by atoms with van der Waals surface area (Å²) >= 11 is 0.999. The van der Waals surface area contributed by atoms with Crippen molar-refractivity contribution in [1.82, 2.24) is 4.98 Å². The first-order valence-electron chi connectivity index (χ1n) is 5.99. The van der Waals surface area contributed by atoms with E-state index in [1.165, 1.54) is 6.20 Å². The smallest absolute Gasteiger partial charge is 0.345 e. The van der Waals surface area contributed by atoms with E-state index in [2.05, 4.69) is 10.3 Å². The Kier molecular flexibility index (Phi) is 5.68. The Balaban J connectivity index is 2.32. The second-order valence-electron chi connectivity index (χ2n) is 4.48. The lowest BCUT2D eigenvalue weighted by Crippen LogP contribution is -2.16. The summed E-state index contributed by atoms with van der Waals surface area (Å²) in [7, 11) is 0.